The zero-order valence-electron chi connectivity index (χ0n) is 18.9. The lowest BCUT2D eigenvalue weighted by Gasteiger charge is -2.38. The van der Waals surface area contributed by atoms with Crippen molar-refractivity contribution in [2.45, 2.75) is 45.1 Å². The second kappa shape index (κ2) is 9.51. The van der Waals surface area contributed by atoms with Crippen LogP contribution in [0.4, 0.5) is 0 Å². The van der Waals surface area contributed by atoms with Crippen LogP contribution >= 0.6 is 0 Å². The van der Waals surface area contributed by atoms with Crippen LogP contribution in [-0.4, -0.2) is 40.3 Å². The highest BCUT2D eigenvalue weighted by molar-refractivity contribution is 5.91. The molecule has 1 saturated heterocycles. The first-order valence-corrected chi connectivity index (χ1v) is 11.4. The molecule has 5 heteroatoms. The molecule has 1 fully saturated rings. The topological polar surface area (TPSA) is 62.3 Å². The van der Waals surface area contributed by atoms with Crippen LogP contribution in [0.2, 0.25) is 0 Å². The predicted octanol–water partition coefficient (Wildman–Crippen LogP) is 4.15. The molecule has 5 nitrogen and oxygen atoms in total. The number of nitrogens with one attached hydrogen (secondary N) is 1. The van der Waals surface area contributed by atoms with Gasteiger partial charge >= 0.3 is 0 Å². The van der Waals surface area contributed by atoms with E-state index in [0.29, 0.717) is 5.92 Å². The van der Waals surface area contributed by atoms with Crippen molar-refractivity contribution in [3.8, 4) is 0 Å². The summed E-state index contributed by atoms with van der Waals surface area (Å²) in [5.41, 5.74) is 2.30. The van der Waals surface area contributed by atoms with Gasteiger partial charge in [0.1, 0.15) is 5.54 Å². The van der Waals surface area contributed by atoms with Gasteiger partial charge in [-0.3, -0.25) is 14.6 Å². The summed E-state index contributed by atoms with van der Waals surface area (Å²) in [5.74, 6) is 0.275. The van der Waals surface area contributed by atoms with Crippen molar-refractivity contribution in [3.05, 3.63) is 78.0 Å². The minimum absolute atomic E-state index is 0.00803. The fourth-order valence-electron chi connectivity index (χ4n) is 4.62. The molecular weight excluding hydrogens is 398 g/mol. The average molecular weight is 430 g/mol. The molecule has 0 spiro atoms. The van der Waals surface area contributed by atoms with E-state index in [1.807, 2.05) is 47.5 Å². The molecule has 1 aliphatic heterocycles. The number of carbonyl (C=O) groups is 2. The Labute approximate surface area is 189 Å². The summed E-state index contributed by atoms with van der Waals surface area (Å²) in [5, 5.41) is 4.10. The van der Waals surface area contributed by atoms with E-state index >= 15 is 0 Å². The summed E-state index contributed by atoms with van der Waals surface area (Å²) in [6.45, 7) is 5.08. The minimum atomic E-state index is -0.928. The van der Waals surface area contributed by atoms with Crippen LogP contribution in [0.25, 0.3) is 10.9 Å². The number of benzene rings is 2. The lowest BCUT2D eigenvalue weighted by molar-refractivity contribution is -0.141. The molecule has 0 bridgehead atoms. The van der Waals surface area contributed by atoms with Gasteiger partial charge in [0, 0.05) is 24.7 Å². The average Bonchev–Trinajstić information content (AvgIpc) is 2.79. The summed E-state index contributed by atoms with van der Waals surface area (Å²) >= 11 is 0. The van der Waals surface area contributed by atoms with Crippen LogP contribution in [0.5, 0.6) is 0 Å². The van der Waals surface area contributed by atoms with Crippen LogP contribution < -0.4 is 5.32 Å². The zero-order valence-corrected chi connectivity index (χ0v) is 18.9. The van der Waals surface area contributed by atoms with Crippen molar-refractivity contribution in [2.75, 3.05) is 13.1 Å². The molecular formula is C27H31N3O2. The third-order valence-corrected chi connectivity index (χ3v) is 6.19. The molecule has 166 valence electrons. The Kier molecular flexibility index (Phi) is 6.54. The third kappa shape index (κ3) is 5.34. The molecule has 2 heterocycles. The van der Waals surface area contributed by atoms with Gasteiger partial charge in [-0.2, -0.15) is 0 Å². The Morgan fingerprint density at radius 2 is 1.88 bits per heavy atom. The molecule has 1 unspecified atom stereocenters. The molecule has 0 aliphatic carbocycles. The first-order valence-electron chi connectivity index (χ1n) is 11.4. The summed E-state index contributed by atoms with van der Waals surface area (Å²) in [7, 11) is 0. The maximum atomic E-state index is 13.3. The first kappa shape index (κ1) is 22.0. The number of fused-ring (bicyclic) bond motifs is 1. The highest BCUT2D eigenvalue weighted by atomic mass is 16.2. The number of aromatic nitrogens is 1. The Balaban J connectivity index is 1.36. The van der Waals surface area contributed by atoms with E-state index in [4.69, 9.17) is 0 Å². The number of hydrogen-bond donors (Lipinski definition) is 1. The number of nitrogens with zero attached hydrogens (tertiary/aromatic N) is 2. The van der Waals surface area contributed by atoms with Gasteiger partial charge in [0.25, 0.3) is 0 Å². The lowest BCUT2D eigenvalue weighted by atomic mass is 9.89. The molecule has 1 atom stereocenters. The number of carbonyl (C=O) groups excluding carboxylic acids is 2. The number of amides is 2. The highest BCUT2D eigenvalue weighted by Gasteiger charge is 2.35. The molecule has 32 heavy (non-hydrogen) atoms. The van der Waals surface area contributed by atoms with Gasteiger partial charge in [0.2, 0.25) is 11.8 Å². The monoisotopic (exact) mass is 429 g/mol. The van der Waals surface area contributed by atoms with E-state index in [0.717, 1.165) is 48.8 Å². The summed E-state index contributed by atoms with van der Waals surface area (Å²) in [4.78, 5) is 32.1. The standard InChI is InChI=1S/C27H31N3O2/c1-27(2,29-25(31)18-20-8-4-3-5-9-20)26(32)30-15-7-10-22(19-30)16-21-12-13-24-23(17-21)11-6-14-28-24/h3-6,8-9,11-14,17,22H,7,10,15-16,18-19H2,1-2H3,(H,29,31). The SMILES string of the molecule is CC(C)(NC(=O)Cc1ccccc1)C(=O)N1CCCC(Cc2ccc3ncccc3c2)C1. The second-order valence-electron chi connectivity index (χ2n) is 9.33. The van der Waals surface area contributed by atoms with E-state index in [9.17, 15) is 9.59 Å². The third-order valence-electron chi connectivity index (χ3n) is 6.19. The van der Waals surface area contributed by atoms with Crippen molar-refractivity contribution in [1.82, 2.24) is 15.2 Å². The molecule has 0 radical (unpaired) electrons. The fraction of sp³-hybridized carbons (Fsp3) is 0.370. The molecule has 2 aromatic carbocycles. The van der Waals surface area contributed by atoms with Crippen LogP contribution in [0.3, 0.4) is 0 Å². The summed E-state index contributed by atoms with van der Waals surface area (Å²) in [6.07, 6.45) is 5.12. The second-order valence-corrected chi connectivity index (χ2v) is 9.33. The predicted molar refractivity (Wildman–Crippen MR) is 127 cm³/mol. The van der Waals surface area contributed by atoms with E-state index in [-0.39, 0.29) is 18.2 Å². The smallest absolute Gasteiger partial charge is 0.247 e. The van der Waals surface area contributed by atoms with Crippen molar-refractivity contribution >= 4 is 22.7 Å². The van der Waals surface area contributed by atoms with E-state index in [1.165, 1.54) is 5.56 Å². The molecule has 0 saturated carbocycles. The number of likely N-dealkylation sites (tertiary alicyclic amines) is 1. The maximum absolute atomic E-state index is 13.3. The molecule has 3 aromatic rings. The Morgan fingerprint density at radius 1 is 1.06 bits per heavy atom. The zero-order chi connectivity index (χ0) is 22.6. The van der Waals surface area contributed by atoms with E-state index in [2.05, 4.69) is 34.6 Å². The highest BCUT2D eigenvalue weighted by Crippen LogP contribution is 2.24. The van der Waals surface area contributed by atoms with Crippen molar-refractivity contribution < 1.29 is 9.59 Å². The van der Waals surface area contributed by atoms with E-state index in [1.54, 1.807) is 13.8 Å². The number of piperidine rings is 1. The van der Waals surface area contributed by atoms with Gasteiger partial charge in [-0.1, -0.05) is 42.5 Å². The largest absolute Gasteiger partial charge is 0.342 e. The number of hydrogen-bond acceptors (Lipinski definition) is 3. The molecule has 1 N–H and O–H groups in total. The van der Waals surface area contributed by atoms with Crippen LogP contribution in [0.15, 0.2) is 66.9 Å². The van der Waals surface area contributed by atoms with Gasteiger partial charge in [0.05, 0.1) is 11.9 Å². The van der Waals surface area contributed by atoms with Gasteiger partial charge < -0.3 is 10.2 Å². The molecule has 1 aromatic heterocycles. The van der Waals surface area contributed by atoms with Gasteiger partial charge in [-0.25, -0.2) is 0 Å². The Morgan fingerprint density at radius 3 is 2.69 bits per heavy atom. The van der Waals surface area contributed by atoms with Crippen molar-refractivity contribution in [3.63, 3.8) is 0 Å². The van der Waals surface area contributed by atoms with Crippen LogP contribution in [-0.2, 0) is 22.4 Å². The van der Waals surface area contributed by atoms with E-state index < -0.39 is 5.54 Å². The number of pyridine rings is 1. The Hall–Kier alpha value is -3.21. The molecule has 4 rings (SSSR count). The maximum Gasteiger partial charge on any atom is 0.247 e. The number of rotatable bonds is 6. The lowest BCUT2D eigenvalue weighted by Crippen LogP contribution is -2.58. The quantitative estimate of drug-likeness (QED) is 0.640. The van der Waals surface area contributed by atoms with Gasteiger partial charge in [-0.05, 0) is 68.4 Å². The Bertz CT molecular complexity index is 1090. The fourth-order valence-corrected chi connectivity index (χ4v) is 4.62. The van der Waals surface area contributed by atoms with Gasteiger partial charge in [0.15, 0.2) is 0 Å². The molecule has 2 amide bonds. The minimum Gasteiger partial charge on any atom is -0.342 e. The van der Waals surface area contributed by atoms with Crippen molar-refractivity contribution in [2.24, 2.45) is 5.92 Å². The van der Waals surface area contributed by atoms with Crippen molar-refractivity contribution in [1.29, 1.82) is 0 Å². The molecule has 1 aliphatic rings. The van der Waals surface area contributed by atoms with Crippen LogP contribution in [0, 0.1) is 5.92 Å². The van der Waals surface area contributed by atoms with Crippen LogP contribution in [0.1, 0.15) is 37.8 Å². The normalized spacial score (nSPS) is 16.7. The summed E-state index contributed by atoms with van der Waals surface area (Å²) < 4.78 is 0. The summed E-state index contributed by atoms with van der Waals surface area (Å²) in [6, 6.07) is 20.1. The first-order chi connectivity index (χ1) is 15.4. The van der Waals surface area contributed by atoms with Gasteiger partial charge in [-0.15, -0.1) is 0 Å².